The van der Waals surface area contributed by atoms with Crippen molar-refractivity contribution < 1.29 is 9.90 Å². The van der Waals surface area contributed by atoms with Gasteiger partial charge in [0.05, 0.1) is 5.56 Å². The van der Waals surface area contributed by atoms with Crippen LogP contribution in [0.1, 0.15) is 46.0 Å². The molecule has 1 fully saturated rings. The van der Waals surface area contributed by atoms with E-state index in [1.807, 2.05) is 24.3 Å². The van der Waals surface area contributed by atoms with Gasteiger partial charge < -0.3 is 10.0 Å². The van der Waals surface area contributed by atoms with Gasteiger partial charge in [-0.1, -0.05) is 42.5 Å². The highest BCUT2D eigenvalue weighted by Gasteiger charge is 2.18. The fourth-order valence-corrected chi connectivity index (χ4v) is 3.45. The molecule has 0 spiro atoms. The Hall–Kier alpha value is -3.28. The third-order valence-corrected chi connectivity index (χ3v) is 4.85. The summed E-state index contributed by atoms with van der Waals surface area (Å²) in [6, 6.07) is 17.1. The van der Waals surface area contributed by atoms with Crippen molar-refractivity contribution in [3.8, 4) is 0 Å². The summed E-state index contributed by atoms with van der Waals surface area (Å²) < 4.78 is 0. The zero-order valence-corrected chi connectivity index (χ0v) is 15.6. The zero-order valence-electron chi connectivity index (χ0n) is 15.6. The van der Waals surface area contributed by atoms with Crippen LogP contribution in [0, 0.1) is 0 Å². The standard InChI is InChI=1S/C22H22N4O2/c27-21(28)18-10-6-9-17(13-18)15-20-23-19(14-16-7-2-1-3-8-16)24-22(25-20)26-11-4-5-12-26/h1-3,6-10,13H,4-5,11-12,14-15H2,(H,27,28). The quantitative estimate of drug-likeness (QED) is 0.713. The average molecular weight is 374 g/mol. The molecule has 1 aliphatic rings. The SMILES string of the molecule is O=C(O)c1cccc(Cc2nc(Cc3ccccc3)nc(N3CCCC3)n2)c1. The Morgan fingerprint density at radius 1 is 0.857 bits per heavy atom. The largest absolute Gasteiger partial charge is 0.478 e. The molecule has 1 saturated heterocycles. The summed E-state index contributed by atoms with van der Waals surface area (Å²) in [5.74, 6) is 1.21. The van der Waals surface area contributed by atoms with Crippen LogP contribution < -0.4 is 4.90 Å². The minimum absolute atomic E-state index is 0.274. The van der Waals surface area contributed by atoms with Crippen LogP contribution in [0.3, 0.4) is 0 Å². The van der Waals surface area contributed by atoms with Crippen LogP contribution in [-0.2, 0) is 12.8 Å². The molecule has 0 atom stereocenters. The summed E-state index contributed by atoms with van der Waals surface area (Å²) >= 11 is 0. The van der Waals surface area contributed by atoms with E-state index in [0.717, 1.165) is 48.8 Å². The number of anilines is 1. The molecule has 0 unspecified atom stereocenters. The minimum Gasteiger partial charge on any atom is -0.478 e. The number of benzene rings is 2. The Kier molecular flexibility index (Phi) is 5.28. The van der Waals surface area contributed by atoms with Gasteiger partial charge in [0.2, 0.25) is 5.95 Å². The Morgan fingerprint density at radius 2 is 1.50 bits per heavy atom. The number of aromatic nitrogens is 3. The van der Waals surface area contributed by atoms with E-state index in [2.05, 4.69) is 27.0 Å². The lowest BCUT2D eigenvalue weighted by atomic mass is 10.1. The molecule has 3 aromatic rings. The summed E-state index contributed by atoms with van der Waals surface area (Å²) in [4.78, 5) is 27.5. The molecule has 0 amide bonds. The van der Waals surface area contributed by atoms with E-state index in [1.165, 1.54) is 0 Å². The predicted molar refractivity (Wildman–Crippen MR) is 107 cm³/mol. The van der Waals surface area contributed by atoms with Crippen molar-refractivity contribution >= 4 is 11.9 Å². The maximum absolute atomic E-state index is 11.2. The normalized spacial score (nSPS) is 13.6. The maximum atomic E-state index is 11.2. The number of aromatic carboxylic acids is 1. The molecule has 1 aliphatic heterocycles. The van der Waals surface area contributed by atoms with E-state index in [9.17, 15) is 9.90 Å². The van der Waals surface area contributed by atoms with Gasteiger partial charge in [0, 0.05) is 25.9 Å². The van der Waals surface area contributed by atoms with E-state index in [0.29, 0.717) is 18.7 Å². The highest BCUT2D eigenvalue weighted by molar-refractivity contribution is 5.87. The van der Waals surface area contributed by atoms with Crippen molar-refractivity contribution in [2.45, 2.75) is 25.7 Å². The molecule has 142 valence electrons. The highest BCUT2D eigenvalue weighted by atomic mass is 16.4. The molecule has 0 aliphatic carbocycles. The van der Waals surface area contributed by atoms with Crippen LogP contribution in [-0.4, -0.2) is 39.1 Å². The van der Waals surface area contributed by atoms with Crippen LogP contribution in [0.15, 0.2) is 54.6 Å². The van der Waals surface area contributed by atoms with E-state index in [4.69, 9.17) is 4.98 Å². The lowest BCUT2D eigenvalue weighted by Gasteiger charge is -2.17. The van der Waals surface area contributed by atoms with Crippen molar-refractivity contribution in [2.75, 3.05) is 18.0 Å². The average Bonchev–Trinajstić information content (AvgIpc) is 3.24. The van der Waals surface area contributed by atoms with Crippen LogP contribution in [0.2, 0.25) is 0 Å². The van der Waals surface area contributed by atoms with Gasteiger partial charge in [-0.2, -0.15) is 9.97 Å². The van der Waals surface area contributed by atoms with Crippen molar-refractivity contribution in [1.29, 1.82) is 0 Å². The molecule has 2 heterocycles. The Bertz CT molecular complexity index is 969. The molecular formula is C22H22N4O2. The van der Waals surface area contributed by atoms with Gasteiger partial charge in [0.25, 0.3) is 0 Å². The molecule has 1 N–H and O–H groups in total. The van der Waals surface area contributed by atoms with Crippen molar-refractivity contribution in [3.63, 3.8) is 0 Å². The number of carboxylic acids is 1. The summed E-state index contributed by atoms with van der Waals surface area (Å²) in [5.41, 5.74) is 2.31. The molecule has 6 heteroatoms. The summed E-state index contributed by atoms with van der Waals surface area (Å²) in [6.45, 7) is 1.92. The summed E-state index contributed by atoms with van der Waals surface area (Å²) in [6.07, 6.45) is 3.42. The van der Waals surface area contributed by atoms with E-state index < -0.39 is 5.97 Å². The number of carboxylic acid groups (broad SMARTS) is 1. The van der Waals surface area contributed by atoms with Gasteiger partial charge in [-0.3, -0.25) is 0 Å². The van der Waals surface area contributed by atoms with E-state index >= 15 is 0 Å². The van der Waals surface area contributed by atoms with Crippen LogP contribution >= 0.6 is 0 Å². The highest BCUT2D eigenvalue weighted by Crippen LogP contribution is 2.18. The van der Waals surface area contributed by atoms with Gasteiger partial charge in [0.1, 0.15) is 11.6 Å². The molecule has 6 nitrogen and oxygen atoms in total. The lowest BCUT2D eigenvalue weighted by Crippen LogP contribution is -2.22. The van der Waals surface area contributed by atoms with Crippen LogP contribution in [0.25, 0.3) is 0 Å². The number of hydrogen-bond acceptors (Lipinski definition) is 5. The number of carbonyl (C=O) groups is 1. The first kappa shape index (κ1) is 18.1. The van der Waals surface area contributed by atoms with E-state index in [1.54, 1.807) is 18.2 Å². The molecule has 1 aromatic heterocycles. The van der Waals surface area contributed by atoms with Crippen LogP contribution in [0.4, 0.5) is 5.95 Å². The second-order valence-electron chi connectivity index (χ2n) is 7.01. The number of hydrogen-bond donors (Lipinski definition) is 1. The minimum atomic E-state index is -0.931. The first-order valence-corrected chi connectivity index (χ1v) is 9.52. The number of nitrogens with zero attached hydrogens (tertiary/aromatic N) is 4. The van der Waals surface area contributed by atoms with Crippen molar-refractivity contribution in [2.24, 2.45) is 0 Å². The molecule has 2 aromatic carbocycles. The first-order valence-electron chi connectivity index (χ1n) is 9.52. The maximum Gasteiger partial charge on any atom is 0.335 e. The zero-order chi connectivity index (χ0) is 19.3. The second kappa shape index (κ2) is 8.17. The molecule has 0 saturated carbocycles. The fraction of sp³-hybridized carbons (Fsp3) is 0.273. The van der Waals surface area contributed by atoms with Gasteiger partial charge in [-0.15, -0.1) is 0 Å². The van der Waals surface area contributed by atoms with Crippen molar-refractivity contribution in [1.82, 2.24) is 15.0 Å². The smallest absolute Gasteiger partial charge is 0.335 e. The van der Waals surface area contributed by atoms with Gasteiger partial charge in [-0.05, 0) is 36.1 Å². The molecule has 0 radical (unpaired) electrons. The summed E-state index contributed by atoms with van der Waals surface area (Å²) in [7, 11) is 0. The van der Waals surface area contributed by atoms with Crippen LogP contribution in [0.5, 0.6) is 0 Å². The Labute approximate surface area is 163 Å². The monoisotopic (exact) mass is 374 g/mol. The van der Waals surface area contributed by atoms with Gasteiger partial charge in [0.15, 0.2) is 0 Å². The Morgan fingerprint density at radius 3 is 2.18 bits per heavy atom. The van der Waals surface area contributed by atoms with E-state index in [-0.39, 0.29) is 5.56 Å². The predicted octanol–water partition coefficient (Wildman–Crippen LogP) is 3.35. The molecule has 28 heavy (non-hydrogen) atoms. The second-order valence-corrected chi connectivity index (χ2v) is 7.01. The number of rotatable bonds is 6. The van der Waals surface area contributed by atoms with Gasteiger partial charge >= 0.3 is 5.97 Å². The molecule has 4 rings (SSSR count). The first-order chi connectivity index (χ1) is 13.7. The third kappa shape index (κ3) is 4.34. The van der Waals surface area contributed by atoms with Gasteiger partial charge in [-0.25, -0.2) is 9.78 Å². The topological polar surface area (TPSA) is 79.2 Å². The Balaban J connectivity index is 1.65. The third-order valence-electron chi connectivity index (χ3n) is 4.85. The molecular weight excluding hydrogens is 352 g/mol. The molecule has 0 bridgehead atoms. The summed E-state index contributed by atoms with van der Waals surface area (Å²) in [5, 5.41) is 9.22. The fourth-order valence-electron chi connectivity index (χ4n) is 3.45. The lowest BCUT2D eigenvalue weighted by molar-refractivity contribution is 0.0696. The van der Waals surface area contributed by atoms with Crippen molar-refractivity contribution in [3.05, 3.63) is 82.9 Å².